The monoisotopic (exact) mass is 296 g/mol. The third-order valence-electron chi connectivity index (χ3n) is 3.19. The Bertz CT molecular complexity index is 537. The number of nitro groups is 1. The molecule has 7 nitrogen and oxygen atoms in total. The lowest BCUT2D eigenvalue weighted by molar-refractivity contribution is -0.385. The molecule has 1 aliphatic rings. The summed E-state index contributed by atoms with van der Waals surface area (Å²) in [6.45, 7) is 2.56. The molecule has 1 saturated heterocycles. The van der Waals surface area contributed by atoms with E-state index in [-0.39, 0.29) is 23.2 Å². The van der Waals surface area contributed by atoms with Gasteiger partial charge in [0.2, 0.25) is 0 Å². The highest BCUT2D eigenvalue weighted by Gasteiger charge is 2.30. The van der Waals surface area contributed by atoms with Crippen molar-refractivity contribution < 1.29 is 9.72 Å². The van der Waals surface area contributed by atoms with E-state index in [0.717, 1.165) is 17.7 Å². The summed E-state index contributed by atoms with van der Waals surface area (Å²) in [5.74, 6) is 1.85. The second-order valence-electron chi connectivity index (χ2n) is 4.52. The van der Waals surface area contributed by atoms with E-state index in [0.29, 0.717) is 12.4 Å². The van der Waals surface area contributed by atoms with Crippen LogP contribution in [0.15, 0.2) is 12.3 Å². The van der Waals surface area contributed by atoms with Gasteiger partial charge in [-0.05, 0) is 6.92 Å². The average Bonchev–Trinajstić information content (AvgIpc) is 2.46. The number of pyridine rings is 1. The summed E-state index contributed by atoms with van der Waals surface area (Å²) < 4.78 is 0. The molecule has 1 unspecified atom stereocenters. The molecule has 1 fully saturated rings. The molecule has 20 heavy (non-hydrogen) atoms. The van der Waals surface area contributed by atoms with Crippen molar-refractivity contribution in [1.82, 2.24) is 9.88 Å². The van der Waals surface area contributed by atoms with Gasteiger partial charge >= 0.3 is 0 Å². The predicted octanol–water partition coefficient (Wildman–Crippen LogP) is 1.61. The summed E-state index contributed by atoms with van der Waals surface area (Å²) in [4.78, 5) is 28.6. The molecule has 1 aliphatic heterocycles. The first-order valence-electron chi connectivity index (χ1n) is 6.25. The molecule has 0 bridgehead atoms. The third-order valence-corrected chi connectivity index (χ3v) is 4.38. The van der Waals surface area contributed by atoms with Crippen molar-refractivity contribution in [1.29, 1.82) is 0 Å². The number of carbonyl (C=O) groups is 1. The first-order valence-corrected chi connectivity index (χ1v) is 7.41. The highest BCUT2D eigenvalue weighted by Crippen LogP contribution is 2.25. The molecule has 1 amide bonds. The zero-order valence-corrected chi connectivity index (χ0v) is 12.1. The zero-order chi connectivity index (χ0) is 14.7. The number of hydrogen-bond donors (Lipinski definition) is 1. The molecule has 2 heterocycles. The topological polar surface area (TPSA) is 88.4 Å². The van der Waals surface area contributed by atoms with Gasteiger partial charge in [0.05, 0.1) is 4.92 Å². The highest BCUT2D eigenvalue weighted by molar-refractivity contribution is 7.99. The average molecular weight is 296 g/mol. The van der Waals surface area contributed by atoms with E-state index in [2.05, 4.69) is 10.3 Å². The summed E-state index contributed by atoms with van der Waals surface area (Å²) in [6, 6.07) is 1.52. The summed E-state index contributed by atoms with van der Waals surface area (Å²) in [5.41, 5.74) is -0.160. The number of anilines is 1. The van der Waals surface area contributed by atoms with Gasteiger partial charge in [0.15, 0.2) is 0 Å². The van der Waals surface area contributed by atoms with E-state index < -0.39 is 4.92 Å². The number of aromatic nitrogens is 1. The van der Waals surface area contributed by atoms with Crippen LogP contribution >= 0.6 is 11.8 Å². The minimum atomic E-state index is -0.566. The highest BCUT2D eigenvalue weighted by atomic mass is 32.2. The Labute approximate surface area is 120 Å². The van der Waals surface area contributed by atoms with Gasteiger partial charge in [-0.2, -0.15) is 11.8 Å². The van der Waals surface area contributed by atoms with E-state index >= 15 is 0 Å². The van der Waals surface area contributed by atoms with Crippen molar-refractivity contribution in [3.63, 3.8) is 0 Å². The van der Waals surface area contributed by atoms with Gasteiger partial charge in [-0.3, -0.25) is 14.9 Å². The molecular formula is C12H16N4O3S. The molecule has 1 aromatic rings. The Morgan fingerprint density at radius 3 is 3.00 bits per heavy atom. The Hall–Kier alpha value is -1.83. The van der Waals surface area contributed by atoms with Crippen LogP contribution in [0.1, 0.15) is 17.3 Å². The van der Waals surface area contributed by atoms with Crippen molar-refractivity contribution >= 4 is 29.2 Å². The fraction of sp³-hybridized carbons (Fsp3) is 0.500. The summed E-state index contributed by atoms with van der Waals surface area (Å²) >= 11 is 1.79. The summed E-state index contributed by atoms with van der Waals surface area (Å²) in [7, 11) is 1.66. The van der Waals surface area contributed by atoms with Crippen molar-refractivity contribution in [2.45, 2.75) is 13.0 Å². The molecule has 1 N–H and O–H groups in total. The maximum absolute atomic E-state index is 12.6. The minimum absolute atomic E-state index is 0.0760. The van der Waals surface area contributed by atoms with Crippen molar-refractivity contribution in [2.24, 2.45) is 0 Å². The van der Waals surface area contributed by atoms with Gasteiger partial charge in [0, 0.05) is 37.2 Å². The molecule has 108 valence electrons. The standard InChI is InChI=1S/C12H16N4O3S/c1-8-7-20-4-3-15(8)12(17)9-5-11(13-2)14-6-10(9)16(18)19/h5-6,8H,3-4,7H2,1-2H3,(H,13,14). The van der Waals surface area contributed by atoms with Crippen LogP contribution in [-0.2, 0) is 0 Å². The fourth-order valence-corrected chi connectivity index (χ4v) is 3.10. The van der Waals surface area contributed by atoms with E-state index in [1.807, 2.05) is 6.92 Å². The minimum Gasteiger partial charge on any atom is -0.373 e. The first-order chi connectivity index (χ1) is 9.54. The third kappa shape index (κ3) is 2.84. The number of thioether (sulfide) groups is 1. The van der Waals surface area contributed by atoms with Crippen molar-refractivity contribution in [3.8, 4) is 0 Å². The largest absolute Gasteiger partial charge is 0.373 e. The van der Waals surface area contributed by atoms with E-state index in [9.17, 15) is 14.9 Å². The lowest BCUT2D eigenvalue weighted by atomic mass is 10.1. The number of nitrogens with one attached hydrogen (secondary N) is 1. The molecule has 0 aromatic carbocycles. The molecule has 1 atom stereocenters. The van der Waals surface area contributed by atoms with Crippen LogP contribution in [0.5, 0.6) is 0 Å². The van der Waals surface area contributed by atoms with E-state index in [1.54, 1.807) is 23.7 Å². The smallest absolute Gasteiger partial charge is 0.300 e. The van der Waals surface area contributed by atoms with Crippen molar-refractivity contribution in [3.05, 3.63) is 27.9 Å². The van der Waals surface area contributed by atoms with Gasteiger partial charge in [-0.1, -0.05) is 0 Å². The maximum Gasteiger partial charge on any atom is 0.300 e. The lowest BCUT2D eigenvalue weighted by Gasteiger charge is -2.33. The van der Waals surface area contributed by atoms with Crippen LogP contribution in [0.2, 0.25) is 0 Å². The number of rotatable bonds is 3. The number of carbonyl (C=O) groups excluding carboxylic acids is 1. The molecule has 8 heteroatoms. The van der Waals surface area contributed by atoms with Gasteiger partial charge in [-0.25, -0.2) is 4.98 Å². The molecule has 0 radical (unpaired) electrons. The predicted molar refractivity (Wildman–Crippen MR) is 78.3 cm³/mol. The zero-order valence-electron chi connectivity index (χ0n) is 11.3. The van der Waals surface area contributed by atoms with Gasteiger partial charge in [0.25, 0.3) is 11.6 Å². The van der Waals surface area contributed by atoms with Gasteiger partial charge < -0.3 is 10.2 Å². The number of hydrogen-bond acceptors (Lipinski definition) is 6. The van der Waals surface area contributed by atoms with Crippen molar-refractivity contribution in [2.75, 3.05) is 30.4 Å². The second-order valence-corrected chi connectivity index (χ2v) is 5.67. The van der Waals surface area contributed by atoms with Gasteiger partial charge in [-0.15, -0.1) is 0 Å². The lowest BCUT2D eigenvalue weighted by Crippen LogP contribution is -2.44. The molecule has 0 saturated carbocycles. The van der Waals surface area contributed by atoms with Crippen LogP contribution in [-0.4, -0.2) is 51.9 Å². The second kappa shape index (κ2) is 6.08. The Kier molecular flexibility index (Phi) is 4.43. The molecule has 0 spiro atoms. The molecule has 1 aromatic heterocycles. The van der Waals surface area contributed by atoms with Crippen LogP contribution in [0.25, 0.3) is 0 Å². The Balaban J connectivity index is 2.38. The van der Waals surface area contributed by atoms with Crippen LogP contribution in [0.3, 0.4) is 0 Å². The first kappa shape index (κ1) is 14.6. The fourth-order valence-electron chi connectivity index (χ4n) is 2.09. The van der Waals surface area contributed by atoms with Crippen LogP contribution < -0.4 is 5.32 Å². The summed E-state index contributed by atoms with van der Waals surface area (Å²) in [6.07, 6.45) is 1.13. The quantitative estimate of drug-likeness (QED) is 0.673. The molecule has 2 rings (SSSR count). The van der Waals surface area contributed by atoms with Gasteiger partial charge in [0.1, 0.15) is 17.6 Å². The Morgan fingerprint density at radius 1 is 1.65 bits per heavy atom. The maximum atomic E-state index is 12.6. The number of nitrogens with zero attached hydrogens (tertiary/aromatic N) is 3. The van der Waals surface area contributed by atoms with Crippen LogP contribution in [0, 0.1) is 10.1 Å². The number of amides is 1. The van der Waals surface area contributed by atoms with Crippen LogP contribution in [0.4, 0.5) is 11.5 Å². The summed E-state index contributed by atoms with van der Waals surface area (Å²) in [5, 5.41) is 13.9. The van der Waals surface area contributed by atoms with E-state index in [1.165, 1.54) is 6.07 Å². The normalized spacial score (nSPS) is 18.7. The molecule has 0 aliphatic carbocycles. The molecular weight excluding hydrogens is 280 g/mol. The van der Waals surface area contributed by atoms with E-state index in [4.69, 9.17) is 0 Å². The SMILES string of the molecule is CNc1cc(C(=O)N2CCSCC2C)c([N+](=O)[O-])cn1. The Morgan fingerprint density at radius 2 is 2.40 bits per heavy atom.